The molecule has 0 atom stereocenters. The van der Waals surface area contributed by atoms with Crippen molar-refractivity contribution in [3.8, 4) is 0 Å². The van der Waals surface area contributed by atoms with E-state index in [9.17, 15) is 14.9 Å². The zero-order valence-electron chi connectivity index (χ0n) is 11.6. The van der Waals surface area contributed by atoms with E-state index in [4.69, 9.17) is 23.2 Å². The van der Waals surface area contributed by atoms with Crippen LogP contribution in [0.3, 0.4) is 0 Å². The highest BCUT2D eigenvalue weighted by Crippen LogP contribution is 2.27. The Kier molecular flexibility index (Phi) is 5.56. The van der Waals surface area contributed by atoms with E-state index >= 15 is 0 Å². The van der Waals surface area contributed by atoms with Crippen molar-refractivity contribution in [2.45, 2.75) is 0 Å². The number of benzene rings is 2. The summed E-state index contributed by atoms with van der Waals surface area (Å²) in [6, 6.07) is 10.5. The Bertz CT molecular complexity index is 778. The quantitative estimate of drug-likeness (QED) is 0.618. The summed E-state index contributed by atoms with van der Waals surface area (Å²) >= 11 is 11.5. The van der Waals surface area contributed by atoms with Gasteiger partial charge in [-0.1, -0.05) is 35.3 Å². The molecule has 0 aromatic heterocycles. The lowest BCUT2D eigenvalue weighted by Gasteiger charge is -2.05. The standard InChI is InChI=1S/C15H11Cl2N3O3/c16-11-3-1-2-10(8-11)6-7-18-15(21)19-12-4-5-13(17)14(9-12)20(22)23/h1-9H,(H2,18,19,21)/b7-6+. The molecule has 118 valence electrons. The number of rotatable bonds is 4. The molecule has 2 N–H and O–H groups in total. The summed E-state index contributed by atoms with van der Waals surface area (Å²) < 4.78 is 0. The molecule has 0 heterocycles. The van der Waals surface area contributed by atoms with Gasteiger partial charge >= 0.3 is 6.03 Å². The van der Waals surface area contributed by atoms with Crippen molar-refractivity contribution in [3.05, 3.63) is 74.4 Å². The second-order valence-corrected chi connectivity index (χ2v) is 5.25. The lowest BCUT2D eigenvalue weighted by molar-refractivity contribution is -0.384. The van der Waals surface area contributed by atoms with Crippen molar-refractivity contribution in [1.82, 2.24) is 5.32 Å². The number of nitrogens with zero attached hydrogens (tertiary/aromatic N) is 1. The summed E-state index contributed by atoms with van der Waals surface area (Å²) in [5, 5.41) is 16.3. The van der Waals surface area contributed by atoms with Crippen molar-refractivity contribution < 1.29 is 9.72 Å². The van der Waals surface area contributed by atoms with Crippen LogP contribution in [0, 0.1) is 10.1 Å². The minimum Gasteiger partial charge on any atom is -0.314 e. The first kappa shape index (κ1) is 16.8. The molecule has 2 amide bonds. The van der Waals surface area contributed by atoms with Gasteiger partial charge in [-0.2, -0.15) is 0 Å². The van der Waals surface area contributed by atoms with Gasteiger partial charge in [0.25, 0.3) is 5.69 Å². The molecule has 6 nitrogen and oxygen atoms in total. The van der Waals surface area contributed by atoms with Gasteiger partial charge in [-0.05, 0) is 35.9 Å². The van der Waals surface area contributed by atoms with Crippen LogP contribution in [-0.2, 0) is 0 Å². The first-order chi connectivity index (χ1) is 11.0. The van der Waals surface area contributed by atoms with Gasteiger partial charge in [0.1, 0.15) is 5.02 Å². The number of nitro benzene ring substituents is 1. The van der Waals surface area contributed by atoms with E-state index in [0.717, 1.165) is 5.56 Å². The molecule has 0 saturated carbocycles. The molecule has 0 aliphatic heterocycles. The van der Waals surface area contributed by atoms with Gasteiger partial charge in [-0.15, -0.1) is 0 Å². The van der Waals surface area contributed by atoms with Gasteiger partial charge in [0.2, 0.25) is 0 Å². The maximum absolute atomic E-state index is 11.7. The number of amides is 2. The molecule has 23 heavy (non-hydrogen) atoms. The fourth-order valence-electron chi connectivity index (χ4n) is 1.72. The number of carbonyl (C=O) groups is 1. The highest BCUT2D eigenvalue weighted by molar-refractivity contribution is 6.32. The molecule has 0 radical (unpaired) electrons. The van der Waals surface area contributed by atoms with Crippen molar-refractivity contribution in [1.29, 1.82) is 0 Å². The summed E-state index contributed by atoms with van der Waals surface area (Å²) in [5.74, 6) is 0. The van der Waals surface area contributed by atoms with E-state index in [0.29, 0.717) is 5.02 Å². The molecule has 8 heteroatoms. The lowest BCUT2D eigenvalue weighted by atomic mass is 10.2. The van der Waals surface area contributed by atoms with Crippen LogP contribution in [-0.4, -0.2) is 11.0 Å². The van der Waals surface area contributed by atoms with Crippen LogP contribution in [0.15, 0.2) is 48.7 Å². The smallest absolute Gasteiger partial charge is 0.314 e. The van der Waals surface area contributed by atoms with E-state index in [1.807, 2.05) is 6.07 Å². The third-order valence-corrected chi connectivity index (χ3v) is 3.29. The number of carbonyl (C=O) groups excluding carboxylic acids is 1. The lowest BCUT2D eigenvalue weighted by Crippen LogP contribution is -2.23. The number of urea groups is 1. The van der Waals surface area contributed by atoms with E-state index in [2.05, 4.69) is 10.6 Å². The highest BCUT2D eigenvalue weighted by Gasteiger charge is 2.13. The Labute approximate surface area is 141 Å². The minimum absolute atomic E-state index is 0.00168. The zero-order valence-corrected chi connectivity index (χ0v) is 13.1. The molecule has 0 saturated heterocycles. The second kappa shape index (κ2) is 7.62. The Hall–Kier alpha value is -2.57. The number of nitro groups is 1. The van der Waals surface area contributed by atoms with Crippen LogP contribution in [0.25, 0.3) is 6.08 Å². The summed E-state index contributed by atoms with van der Waals surface area (Å²) in [6.07, 6.45) is 3.10. The number of nitrogens with one attached hydrogen (secondary N) is 2. The van der Waals surface area contributed by atoms with E-state index < -0.39 is 11.0 Å². The van der Waals surface area contributed by atoms with Crippen LogP contribution < -0.4 is 10.6 Å². The van der Waals surface area contributed by atoms with Crippen molar-refractivity contribution in [2.75, 3.05) is 5.32 Å². The fraction of sp³-hybridized carbons (Fsp3) is 0. The molecule has 0 unspecified atom stereocenters. The third kappa shape index (κ3) is 4.98. The molecule has 0 aliphatic rings. The Morgan fingerprint density at radius 1 is 1.17 bits per heavy atom. The van der Waals surface area contributed by atoms with Crippen LogP contribution in [0.2, 0.25) is 10.0 Å². The van der Waals surface area contributed by atoms with E-state index in [-0.39, 0.29) is 16.4 Å². The van der Waals surface area contributed by atoms with E-state index in [1.54, 1.807) is 24.3 Å². The maximum Gasteiger partial charge on any atom is 0.323 e. The van der Waals surface area contributed by atoms with Gasteiger partial charge in [-0.25, -0.2) is 4.79 Å². The van der Waals surface area contributed by atoms with Gasteiger partial charge < -0.3 is 10.6 Å². The Balaban J connectivity index is 1.97. The van der Waals surface area contributed by atoms with Crippen LogP contribution in [0.1, 0.15) is 5.56 Å². The predicted octanol–water partition coefficient (Wildman–Crippen LogP) is 4.69. The van der Waals surface area contributed by atoms with Crippen molar-refractivity contribution >= 4 is 46.7 Å². The van der Waals surface area contributed by atoms with Crippen molar-refractivity contribution in [2.24, 2.45) is 0 Å². The summed E-state index contributed by atoms with van der Waals surface area (Å²) in [6.45, 7) is 0. The summed E-state index contributed by atoms with van der Waals surface area (Å²) in [7, 11) is 0. The molecular formula is C15H11Cl2N3O3. The van der Waals surface area contributed by atoms with Gasteiger partial charge in [0.05, 0.1) is 4.92 Å². The Morgan fingerprint density at radius 3 is 2.65 bits per heavy atom. The van der Waals surface area contributed by atoms with Crippen LogP contribution >= 0.6 is 23.2 Å². The van der Waals surface area contributed by atoms with E-state index in [1.165, 1.54) is 24.4 Å². The zero-order chi connectivity index (χ0) is 16.8. The first-order valence-corrected chi connectivity index (χ1v) is 7.15. The SMILES string of the molecule is O=C(N/C=C/c1cccc(Cl)c1)Nc1ccc(Cl)c([N+](=O)[O-])c1. The van der Waals surface area contributed by atoms with Gasteiger partial charge in [0.15, 0.2) is 0 Å². The second-order valence-electron chi connectivity index (χ2n) is 4.41. The largest absolute Gasteiger partial charge is 0.323 e. The van der Waals surface area contributed by atoms with Crippen LogP contribution in [0.4, 0.5) is 16.2 Å². The molecular weight excluding hydrogens is 341 g/mol. The monoisotopic (exact) mass is 351 g/mol. The highest BCUT2D eigenvalue weighted by atomic mass is 35.5. The molecule has 0 aliphatic carbocycles. The number of anilines is 1. The fourth-order valence-corrected chi connectivity index (χ4v) is 2.11. The molecule has 2 aromatic rings. The maximum atomic E-state index is 11.7. The van der Waals surface area contributed by atoms with Crippen molar-refractivity contribution in [3.63, 3.8) is 0 Å². The third-order valence-electron chi connectivity index (χ3n) is 2.74. The predicted molar refractivity (Wildman–Crippen MR) is 90.7 cm³/mol. The van der Waals surface area contributed by atoms with Gasteiger partial charge in [-0.3, -0.25) is 10.1 Å². The minimum atomic E-state index is -0.621. The number of hydrogen-bond donors (Lipinski definition) is 2. The molecule has 2 rings (SSSR count). The molecule has 0 fully saturated rings. The summed E-state index contributed by atoms with van der Waals surface area (Å²) in [5.41, 5.74) is 0.800. The van der Waals surface area contributed by atoms with Crippen LogP contribution in [0.5, 0.6) is 0 Å². The number of hydrogen-bond acceptors (Lipinski definition) is 3. The van der Waals surface area contributed by atoms with Gasteiger partial charge in [0, 0.05) is 23.0 Å². The average Bonchev–Trinajstić information content (AvgIpc) is 2.49. The molecule has 0 bridgehead atoms. The Morgan fingerprint density at radius 2 is 1.96 bits per heavy atom. The first-order valence-electron chi connectivity index (χ1n) is 6.39. The summed E-state index contributed by atoms with van der Waals surface area (Å²) in [4.78, 5) is 21.9. The topological polar surface area (TPSA) is 84.3 Å². The molecule has 0 spiro atoms. The number of halogens is 2. The average molecular weight is 352 g/mol. The molecule has 2 aromatic carbocycles. The normalized spacial score (nSPS) is 10.5.